The van der Waals surface area contributed by atoms with E-state index in [1.807, 2.05) is 24.3 Å². The van der Waals surface area contributed by atoms with Crippen LogP contribution in [0.1, 0.15) is 0 Å². The molecule has 0 N–H and O–H groups in total. The summed E-state index contributed by atoms with van der Waals surface area (Å²) in [7, 11) is 0. The lowest BCUT2D eigenvalue weighted by atomic mass is 10.0. The van der Waals surface area contributed by atoms with Crippen LogP contribution in [0.15, 0.2) is 42.5 Å². The second-order valence-electron chi connectivity index (χ2n) is 3.29. The minimum Gasteiger partial charge on any atom is -0.0616 e. The van der Waals surface area contributed by atoms with Gasteiger partial charge >= 0.3 is 0 Å². The van der Waals surface area contributed by atoms with Gasteiger partial charge in [-0.15, -0.1) is 0 Å². The monoisotopic (exact) mass is 175 g/mol. The van der Waals surface area contributed by atoms with Crippen molar-refractivity contribution in [1.29, 1.82) is 0 Å². The molecule has 0 bridgehead atoms. The van der Waals surface area contributed by atoms with E-state index in [0.29, 0.717) is 0 Å². The molecule has 3 rings (SSSR count). The van der Waals surface area contributed by atoms with Crippen LogP contribution in [0.25, 0.3) is 21.5 Å². The van der Waals surface area contributed by atoms with Gasteiger partial charge in [0.25, 0.3) is 0 Å². The third-order valence-electron chi connectivity index (χ3n) is 2.36. The van der Waals surface area contributed by atoms with Gasteiger partial charge in [0.2, 0.25) is 0 Å². The smallest absolute Gasteiger partial charge is 0.000740 e. The highest BCUT2D eigenvalue weighted by Crippen LogP contribution is 2.20. The first kappa shape index (κ1) is 7.57. The molecule has 3 aromatic rings. The molecular weight excluding hydrogens is 168 g/mol. The van der Waals surface area contributed by atoms with Crippen LogP contribution in [0.3, 0.4) is 0 Å². The molecule has 0 aliphatic heterocycles. The zero-order chi connectivity index (χ0) is 9.38. The molecule has 0 amide bonds. The van der Waals surface area contributed by atoms with Crippen molar-refractivity contribution in [2.75, 3.05) is 0 Å². The van der Waals surface area contributed by atoms with Crippen LogP contribution in [0, 0.1) is 18.2 Å². The Bertz CT molecular complexity index is 489. The maximum Gasteiger partial charge on any atom is -0.000740 e. The molecule has 0 heterocycles. The second-order valence-corrected chi connectivity index (χ2v) is 3.29. The molecule has 0 unspecified atom stereocenters. The zero-order valence-electron chi connectivity index (χ0n) is 7.54. The van der Waals surface area contributed by atoms with Crippen molar-refractivity contribution < 1.29 is 0 Å². The van der Waals surface area contributed by atoms with Crippen molar-refractivity contribution in [1.82, 2.24) is 0 Å². The molecule has 0 atom stereocenters. The van der Waals surface area contributed by atoms with Crippen molar-refractivity contribution in [3.63, 3.8) is 0 Å². The molecule has 0 saturated carbocycles. The highest BCUT2D eigenvalue weighted by atomic mass is 14.0. The molecule has 63 valence electrons. The van der Waals surface area contributed by atoms with Crippen LogP contribution in [-0.4, -0.2) is 0 Å². The van der Waals surface area contributed by atoms with Crippen LogP contribution in [0.2, 0.25) is 0 Å². The first-order chi connectivity index (χ1) is 6.93. The van der Waals surface area contributed by atoms with Crippen molar-refractivity contribution in [2.24, 2.45) is 0 Å². The molecule has 0 aliphatic carbocycles. The average molecular weight is 175 g/mol. The number of hydrogen-bond donors (Lipinski definition) is 0. The molecular formula is C14H7. The number of rotatable bonds is 0. The Morgan fingerprint density at radius 2 is 1.86 bits per heavy atom. The van der Waals surface area contributed by atoms with Crippen molar-refractivity contribution in [3.05, 3.63) is 60.7 Å². The van der Waals surface area contributed by atoms with E-state index in [-0.39, 0.29) is 0 Å². The summed E-state index contributed by atoms with van der Waals surface area (Å²) < 4.78 is 0. The van der Waals surface area contributed by atoms with Gasteiger partial charge in [0.1, 0.15) is 0 Å². The predicted molar refractivity (Wildman–Crippen MR) is 58.0 cm³/mol. The number of fused-ring (bicyclic) bond motifs is 2. The van der Waals surface area contributed by atoms with E-state index in [9.17, 15) is 0 Å². The van der Waals surface area contributed by atoms with E-state index in [1.54, 1.807) is 0 Å². The molecule has 14 heavy (non-hydrogen) atoms. The number of benzene rings is 3. The van der Waals surface area contributed by atoms with Gasteiger partial charge in [-0.3, -0.25) is 0 Å². The summed E-state index contributed by atoms with van der Waals surface area (Å²) in [6.45, 7) is 0. The van der Waals surface area contributed by atoms with Crippen molar-refractivity contribution >= 4 is 21.5 Å². The Hall–Kier alpha value is -1.82. The van der Waals surface area contributed by atoms with Gasteiger partial charge in [0, 0.05) is 0 Å². The maximum absolute atomic E-state index is 3.32. The summed E-state index contributed by atoms with van der Waals surface area (Å²) in [5, 5.41) is 4.53. The zero-order valence-corrected chi connectivity index (χ0v) is 7.54. The van der Waals surface area contributed by atoms with Gasteiger partial charge in [-0.2, -0.15) is 0 Å². The molecule has 0 saturated heterocycles. The Morgan fingerprint density at radius 3 is 2.86 bits per heavy atom. The summed E-state index contributed by atoms with van der Waals surface area (Å²) >= 11 is 0. The second kappa shape index (κ2) is 2.85. The molecule has 3 radical (unpaired) electrons. The lowest BCUT2D eigenvalue weighted by Gasteiger charge is -1.99. The SMILES string of the molecule is [c]1[c]c2[c]c3ccccc3cc2cc1. The average Bonchev–Trinajstić information content (AvgIpc) is 2.26. The standard InChI is InChI=1S/C14H7/c1-2-6-12-10-14-8-4-3-7-13(14)9-11(12)5-1/h1-3,5-7,9H. The highest BCUT2D eigenvalue weighted by molar-refractivity contribution is 5.96. The maximum atomic E-state index is 3.32. The molecule has 0 spiro atoms. The van der Waals surface area contributed by atoms with Gasteiger partial charge in [0.05, 0.1) is 0 Å². The van der Waals surface area contributed by atoms with Gasteiger partial charge in [-0.05, 0) is 45.8 Å². The molecule has 0 aliphatic rings. The summed E-state index contributed by atoms with van der Waals surface area (Å²) in [5.74, 6) is 0. The minimum absolute atomic E-state index is 1.01. The summed E-state index contributed by atoms with van der Waals surface area (Å²) in [6.07, 6.45) is 0. The van der Waals surface area contributed by atoms with E-state index in [1.165, 1.54) is 10.8 Å². The van der Waals surface area contributed by atoms with Gasteiger partial charge in [-0.25, -0.2) is 0 Å². The largest absolute Gasteiger partial charge is 0.0616 e. The van der Waals surface area contributed by atoms with Crippen molar-refractivity contribution in [3.8, 4) is 0 Å². The summed E-state index contributed by atoms with van der Waals surface area (Å²) in [4.78, 5) is 0. The lowest BCUT2D eigenvalue weighted by Crippen LogP contribution is -1.75. The van der Waals surface area contributed by atoms with Gasteiger partial charge in [0.15, 0.2) is 0 Å². The molecule has 0 heteroatoms. The first-order valence-electron chi connectivity index (χ1n) is 4.57. The van der Waals surface area contributed by atoms with E-state index < -0.39 is 0 Å². The van der Waals surface area contributed by atoms with E-state index in [4.69, 9.17) is 0 Å². The van der Waals surface area contributed by atoms with Crippen LogP contribution >= 0.6 is 0 Å². The number of hydrogen-bond acceptors (Lipinski definition) is 0. The van der Waals surface area contributed by atoms with Crippen LogP contribution in [-0.2, 0) is 0 Å². The normalized spacial score (nSPS) is 10.9. The van der Waals surface area contributed by atoms with E-state index in [2.05, 4.69) is 36.4 Å². The Morgan fingerprint density at radius 1 is 0.929 bits per heavy atom. The fourth-order valence-corrected chi connectivity index (χ4v) is 1.66. The molecule has 3 aromatic carbocycles. The molecule has 0 fully saturated rings. The van der Waals surface area contributed by atoms with Gasteiger partial charge < -0.3 is 0 Å². The fraction of sp³-hybridized carbons (Fsp3) is 0. The van der Waals surface area contributed by atoms with Crippen LogP contribution < -0.4 is 0 Å². The van der Waals surface area contributed by atoms with E-state index in [0.717, 1.165) is 10.8 Å². The topological polar surface area (TPSA) is 0 Å². The minimum atomic E-state index is 1.01. The third-order valence-corrected chi connectivity index (χ3v) is 2.36. The van der Waals surface area contributed by atoms with E-state index >= 15 is 0 Å². The summed E-state index contributed by atoms with van der Waals surface area (Å²) in [6, 6.07) is 23.6. The molecule has 0 aromatic heterocycles. The Kier molecular flexibility index (Phi) is 1.54. The van der Waals surface area contributed by atoms with Crippen molar-refractivity contribution in [2.45, 2.75) is 0 Å². The Labute approximate surface area is 82.8 Å². The lowest BCUT2D eigenvalue weighted by molar-refractivity contribution is 1.74. The van der Waals surface area contributed by atoms with Crippen LogP contribution in [0.5, 0.6) is 0 Å². The fourth-order valence-electron chi connectivity index (χ4n) is 1.66. The quantitative estimate of drug-likeness (QED) is 0.459. The highest BCUT2D eigenvalue weighted by Gasteiger charge is 1.96. The molecule has 0 nitrogen and oxygen atoms in total. The predicted octanol–water partition coefficient (Wildman–Crippen LogP) is 3.39. The first-order valence-corrected chi connectivity index (χ1v) is 4.57. The summed E-state index contributed by atoms with van der Waals surface area (Å²) in [5.41, 5.74) is 0. The third kappa shape index (κ3) is 1.08. The van der Waals surface area contributed by atoms with Gasteiger partial charge in [-0.1, -0.05) is 36.4 Å². The van der Waals surface area contributed by atoms with Crippen LogP contribution in [0.4, 0.5) is 0 Å². The Balaban J connectivity index is 2.52.